The van der Waals surface area contributed by atoms with E-state index in [0.29, 0.717) is 10.2 Å². The van der Waals surface area contributed by atoms with Gasteiger partial charge >= 0.3 is 11.9 Å². The zero-order chi connectivity index (χ0) is 18.8. The predicted octanol–water partition coefficient (Wildman–Crippen LogP) is 2.64. The standard InChI is InChI=1S/C18H22N2O5S/c1-4-24-17(22)10(3)20-14(18(23)25-5-2)19-15-13(16(20)21)11-8-6-7-9-12(11)26-15/h10H,4-9H2,1-3H3/t10-/m0/s1. The van der Waals surface area contributed by atoms with Gasteiger partial charge in [0.1, 0.15) is 10.9 Å². The molecule has 0 radical (unpaired) electrons. The third-order valence-electron chi connectivity index (χ3n) is 4.49. The molecular formula is C18H22N2O5S. The summed E-state index contributed by atoms with van der Waals surface area (Å²) in [7, 11) is 0. The van der Waals surface area contributed by atoms with E-state index in [-0.39, 0.29) is 24.6 Å². The molecule has 0 amide bonds. The topological polar surface area (TPSA) is 87.5 Å². The molecule has 0 fully saturated rings. The third-order valence-corrected chi connectivity index (χ3v) is 5.68. The lowest BCUT2D eigenvalue weighted by atomic mass is 9.97. The summed E-state index contributed by atoms with van der Waals surface area (Å²) in [4.78, 5) is 44.0. The van der Waals surface area contributed by atoms with Gasteiger partial charge in [-0.05, 0) is 52.0 Å². The summed E-state index contributed by atoms with van der Waals surface area (Å²) in [6.07, 6.45) is 3.83. The highest BCUT2D eigenvalue weighted by atomic mass is 32.1. The van der Waals surface area contributed by atoms with Crippen LogP contribution in [0.4, 0.5) is 0 Å². The van der Waals surface area contributed by atoms with Crippen molar-refractivity contribution in [1.82, 2.24) is 9.55 Å². The van der Waals surface area contributed by atoms with E-state index in [1.165, 1.54) is 18.3 Å². The van der Waals surface area contributed by atoms with Crippen LogP contribution in [0.15, 0.2) is 4.79 Å². The average Bonchev–Trinajstić information content (AvgIpc) is 3.00. The van der Waals surface area contributed by atoms with Crippen molar-refractivity contribution in [1.29, 1.82) is 0 Å². The zero-order valence-corrected chi connectivity index (χ0v) is 16.0. The maximum absolute atomic E-state index is 13.3. The molecule has 0 saturated heterocycles. The van der Waals surface area contributed by atoms with Gasteiger partial charge in [-0.2, -0.15) is 0 Å². The number of aromatic nitrogens is 2. The van der Waals surface area contributed by atoms with E-state index in [9.17, 15) is 14.4 Å². The lowest BCUT2D eigenvalue weighted by molar-refractivity contribution is -0.146. The monoisotopic (exact) mass is 378 g/mol. The van der Waals surface area contributed by atoms with Crippen molar-refractivity contribution in [3.63, 3.8) is 0 Å². The number of esters is 2. The smallest absolute Gasteiger partial charge is 0.374 e. The van der Waals surface area contributed by atoms with E-state index < -0.39 is 18.0 Å². The van der Waals surface area contributed by atoms with Crippen LogP contribution in [-0.4, -0.2) is 34.7 Å². The fourth-order valence-corrected chi connectivity index (χ4v) is 4.54. The Bertz CT molecular complexity index is 914. The highest BCUT2D eigenvalue weighted by Gasteiger charge is 2.29. The summed E-state index contributed by atoms with van der Waals surface area (Å²) in [5.74, 6) is -1.44. The Labute approximate surface area is 154 Å². The van der Waals surface area contributed by atoms with Gasteiger partial charge in [-0.15, -0.1) is 11.3 Å². The second-order valence-corrected chi connectivity index (χ2v) is 7.23. The molecule has 0 saturated carbocycles. The van der Waals surface area contributed by atoms with E-state index in [2.05, 4.69) is 4.98 Å². The van der Waals surface area contributed by atoms with Crippen molar-refractivity contribution in [2.24, 2.45) is 0 Å². The van der Waals surface area contributed by atoms with E-state index in [1.807, 2.05) is 0 Å². The van der Waals surface area contributed by atoms with Crippen molar-refractivity contribution in [2.45, 2.75) is 52.5 Å². The Morgan fingerprint density at radius 1 is 1.19 bits per heavy atom. The van der Waals surface area contributed by atoms with Gasteiger partial charge in [0.25, 0.3) is 5.56 Å². The molecular weight excluding hydrogens is 356 g/mol. The third kappa shape index (κ3) is 3.13. The maximum atomic E-state index is 13.3. The molecule has 0 unspecified atom stereocenters. The summed E-state index contributed by atoms with van der Waals surface area (Å²) in [5, 5.41) is 0.522. The van der Waals surface area contributed by atoms with Crippen LogP contribution in [0, 0.1) is 0 Å². The molecule has 1 aliphatic carbocycles. The first-order valence-corrected chi connectivity index (χ1v) is 9.71. The minimum Gasteiger partial charge on any atom is -0.464 e. The molecule has 0 bridgehead atoms. The Morgan fingerprint density at radius 3 is 2.58 bits per heavy atom. The van der Waals surface area contributed by atoms with Gasteiger partial charge < -0.3 is 9.47 Å². The summed E-state index contributed by atoms with van der Waals surface area (Å²) >= 11 is 1.45. The first kappa shape index (κ1) is 18.6. The van der Waals surface area contributed by atoms with Crippen LogP contribution in [0.25, 0.3) is 10.2 Å². The van der Waals surface area contributed by atoms with Crippen LogP contribution in [0.1, 0.15) is 60.7 Å². The number of fused-ring (bicyclic) bond motifs is 3. The first-order chi connectivity index (χ1) is 12.5. The van der Waals surface area contributed by atoms with Gasteiger partial charge in [0.2, 0.25) is 5.82 Å². The second-order valence-electron chi connectivity index (χ2n) is 6.15. The molecule has 1 aliphatic rings. The summed E-state index contributed by atoms with van der Waals surface area (Å²) < 4.78 is 11.2. The molecule has 0 aromatic carbocycles. The highest BCUT2D eigenvalue weighted by molar-refractivity contribution is 7.18. The van der Waals surface area contributed by atoms with E-state index in [0.717, 1.165) is 40.7 Å². The maximum Gasteiger partial charge on any atom is 0.374 e. The van der Waals surface area contributed by atoms with Crippen molar-refractivity contribution >= 4 is 33.5 Å². The Hall–Kier alpha value is -2.22. The van der Waals surface area contributed by atoms with Gasteiger partial charge in [-0.1, -0.05) is 0 Å². The Balaban J connectivity index is 2.25. The van der Waals surface area contributed by atoms with Crippen LogP contribution >= 0.6 is 11.3 Å². The molecule has 2 heterocycles. The number of hydrogen-bond acceptors (Lipinski definition) is 7. The van der Waals surface area contributed by atoms with Gasteiger partial charge in [0, 0.05) is 4.88 Å². The number of ether oxygens (including phenoxy) is 2. The molecule has 7 nitrogen and oxygen atoms in total. The average molecular weight is 378 g/mol. The van der Waals surface area contributed by atoms with Crippen molar-refractivity contribution < 1.29 is 19.1 Å². The van der Waals surface area contributed by atoms with E-state index >= 15 is 0 Å². The lowest BCUT2D eigenvalue weighted by Crippen LogP contribution is -2.35. The number of carbonyl (C=O) groups excluding carboxylic acids is 2. The fourth-order valence-electron chi connectivity index (χ4n) is 3.28. The van der Waals surface area contributed by atoms with Gasteiger partial charge in [-0.3, -0.25) is 9.36 Å². The second kappa shape index (κ2) is 7.57. The molecule has 8 heteroatoms. The van der Waals surface area contributed by atoms with Crippen LogP contribution in [0.3, 0.4) is 0 Å². The van der Waals surface area contributed by atoms with Gasteiger partial charge in [0.05, 0.1) is 18.6 Å². The SMILES string of the molecule is CCOC(=O)c1nc2sc3c(c2c(=O)n1[C@@H](C)C(=O)OCC)CCCC3. The van der Waals surface area contributed by atoms with E-state index in [1.54, 1.807) is 13.8 Å². The van der Waals surface area contributed by atoms with Crippen molar-refractivity contribution in [3.8, 4) is 0 Å². The molecule has 0 aliphatic heterocycles. The minimum atomic E-state index is -0.960. The normalized spacial score (nSPS) is 14.7. The number of rotatable bonds is 5. The van der Waals surface area contributed by atoms with E-state index in [4.69, 9.17) is 9.47 Å². The van der Waals surface area contributed by atoms with Gasteiger partial charge in [0.15, 0.2) is 0 Å². The summed E-state index contributed by atoms with van der Waals surface area (Å²) in [5.41, 5.74) is 0.631. The molecule has 3 rings (SSSR count). The molecule has 140 valence electrons. The quantitative estimate of drug-likeness (QED) is 0.743. The van der Waals surface area contributed by atoms with Crippen LogP contribution < -0.4 is 5.56 Å². The summed E-state index contributed by atoms with van der Waals surface area (Å²) in [6.45, 7) is 5.25. The van der Waals surface area contributed by atoms with Crippen LogP contribution in [-0.2, 0) is 27.1 Å². The van der Waals surface area contributed by atoms with Crippen LogP contribution in [0.5, 0.6) is 0 Å². The molecule has 2 aromatic heterocycles. The lowest BCUT2D eigenvalue weighted by Gasteiger charge is -2.17. The first-order valence-electron chi connectivity index (χ1n) is 8.90. The number of hydrogen-bond donors (Lipinski definition) is 0. The molecule has 1 atom stereocenters. The zero-order valence-electron chi connectivity index (χ0n) is 15.2. The summed E-state index contributed by atoms with van der Waals surface area (Å²) in [6, 6.07) is -0.960. The minimum absolute atomic E-state index is 0.150. The molecule has 0 spiro atoms. The van der Waals surface area contributed by atoms with Gasteiger partial charge in [-0.25, -0.2) is 14.6 Å². The molecule has 0 N–H and O–H groups in total. The largest absolute Gasteiger partial charge is 0.464 e. The number of carbonyl (C=O) groups is 2. The van der Waals surface area contributed by atoms with Crippen LogP contribution in [0.2, 0.25) is 0 Å². The van der Waals surface area contributed by atoms with Crippen molar-refractivity contribution in [3.05, 3.63) is 26.6 Å². The van der Waals surface area contributed by atoms with Crippen molar-refractivity contribution in [2.75, 3.05) is 13.2 Å². The predicted molar refractivity (Wildman–Crippen MR) is 97.8 cm³/mol. The molecule has 26 heavy (non-hydrogen) atoms. The Kier molecular flexibility index (Phi) is 5.41. The number of aryl methyl sites for hydroxylation is 2. The number of nitrogens with zero attached hydrogens (tertiary/aromatic N) is 2. The Morgan fingerprint density at radius 2 is 1.88 bits per heavy atom. The fraction of sp³-hybridized carbons (Fsp3) is 0.556. The molecule has 2 aromatic rings. The highest BCUT2D eigenvalue weighted by Crippen LogP contribution is 2.34. The number of thiophene rings is 1.